The molecule has 0 spiro atoms. The van der Waals surface area contributed by atoms with Crippen molar-refractivity contribution < 1.29 is 14.3 Å². The third kappa shape index (κ3) is 3.67. The Kier molecular flexibility index (Phi) is 5.36. The lowest BCUT2D eigenvalue weighted by Crippen LogP contribution is -2.21. The van der Waals surface area contributed by atoms with Crippen LogP contribution in [-0.2, 0) is 22.4 Å². The van der Waals surface area contributed by atoms with E-state index in [-0.39, 0.29) is 0 Å². The molecule has 1 N–H and O–H groups in total. The maximum atomic E-state index is 12.1. The van der Waals surface area contributed by atoms with E-state index in [1.165, 1.54) is 23.1 Å². The highest BCUT2D eigenvalue weighted by Gasteiger charge is 2.23. The number of aromatic nitrogens is 1. The fourth-order valence-corrected chi connectivity index (χ4v) is 4.48. The van der Waals surface area contributed by atoms with E-state index in [1.54, 1.807) is 18.3 Å². The maximum Gasteiger partial charge on any atom is 0.341 e. The minimum absolute atomic E-state index is 0.329. The largest absolute Gasteiger partial charge is 0.452 e. The average molecular weight is 373 g/mol. The third-order valence-corrected chi connectivity index (χ3v) is 5.72. The zero-order chi connectivity index (χ0) is 17.8. The molecule has 0 aromatic carbocycles. The highest BCUT2D eigenvalue weighted by Crippen LogP contribution is 2.38. The molecule has 1 aliphatic carbocycles. The van der Waals surface area contributed by atoms with Crippen LogP contribution >= 0.6 is 23.1 Å². The summed E-state index contributed by atoms with van der Waals surface area (Å²) in [6, 6.07) is 5.41. The average Bonchev–Trinajstić information content (AvgIpc) is 3.20. The minimum Gasteiger partial charge on any atom is -0.452 e. The van der Waals surface area contributed by atoms with Crippen LogP contribution in [0.5, 0.6) is 0 Å². The number of nitriles is 1. The number of thioether (sulfide) groups is 1. The van der Waals surface area contributed by atoms with Crippen LogP contribution in [-0.4, -0.2) is 29.7 Å². The van der Waals surface area contributed by atoms with Crippen molar-refractivity contribution >= 4 is 40.0 Å². The third-order valence-electron chi connectivity index (χ3n) is 3.80. The standard InChI is InChI=1S/C17H15N3O3S2/c1-24-15-11(5-3-7-19-15)17(22)23-9-14(21)20-16-12(8-18)10-4-2-6-13(10)25-16/h3,5,7H,2,4,6,9H2,1H3,(H,20,21). The lowest BCUT2D eigenvalue weighted by molar-refractivity contribution is -0.119. The summed E-state index contributed by atoms with van der Waals surface area (Å²) in [6.45, 7) is -0.408. The van der Waals surface area contributed by atoms with E-state index in [0.29, 0.717) is 21.2 Å². The molecule has 25 heavy (non-hydrogen) atoms. The maximum absolute atomic E-state index is 12.1. The molecule has 2 aromatic heterocycles. The Morgan fingerprint density at radius 3 is 3.08 bits per heavy atom. The van der Waals surface area contributed by atoms with Gasteiger partial charge in [-0.2, -0.15) is 5.26 Å². The second kappa shape index (κ2) is 7.68. The van der Waals surface area contributed by atoms with Gasteiger partial charge in [-0.3, -0.25) is 4.79 Å². The van der Waals surface area contributed by atoms with Gasteiger partial charge in [-0.05, 0) is 43.2 Å². The fraction of sp³-hybridized carbons (Fsp3) is 0.294. The number of amides is 1. The number of carbonyl (C=O) groups is 2. The molecular weight excluding hydrogens is 358 g/mol. The molecular formula is C17H15N3O3S2. The Morgan fingerprint density at radius 2 is 2.32 bits per heavy atom. The summed E-state index contributed by atoms with van der Waals surface area (Å²) >= 11 is 2.76. The number of thiophene rings is 1. The minimum atomic E-state index is -0.596. The molecule has 0 bridgehead atoms. The summed E-state index contributed by atoms with van der Waals surface area (Å²) < 4.78 is 5.07. The highest BCUT2D eigenvalue weighted by atomic mass is 32.2. The Bertz CT molecular complexity index is 871. The van der Waals surface area contributed by atoms with Crippen LogP contribution in [0.25, 0.3) is 0 Å². The lowest BCUT2D eigenvalue weighted by Gasteiger charge is -2.07. The molecule has 128 valence electrons. The van der Waals surface area contributed by atoms with Gasteiger partial charge in [0.15, 0.2) is 6.61 Å². The monoisotopic (exact) mass is 373 g/mol. The van der Waals surface area contributed by atoms with Crippen LogP contribution in [0.4, 0.5) is 5.00 Å². The number of rotatable bonds is 5. The number of hydrogen-bond donors (Lipinski definition) is 1. The summed E-state index contributed by atoms with van der Waals surface area (Å²) in [5.74, 6) is -1.05. The molecule has 0 atom stereocenters. The predicted octanol–water partition coefficient (Wildman–Crippen LogP) is 3.02. The predicted molar refractivity (Wildman–Crippen MR) is 96.0 cm³/mol. The first-order chi connectivity index (χ1) is 12.1. The zero-order valence-electron chi connectivity index (χ0n) is 13.5. The van der Waals surface area contributed by atoms with Crippen molar-refractivity contribution in [2.24, 2.45) is 0 Å². The van der Waals surface area contributed by atoms with Crippen molar-refractivity contribution in [1.29, 1.82) is 5.26 Å². The van der Waals surface area contributed by atoms with Gasteiger partial charge in [0.2, 0.25) is 0 Å². The van der Waals surface area contributed by atoms with E-state index in [9.17, 15) is 14.9 Å². The number of nitrogens with zero attached hydrogens (tertiary/aromatic N) is 2. The van der Waals surface area contributed by atoms with Crippen molar-refractivity contribution in [3.63, 3.8) is 0 Å². The second-order valence-corrected chi connectivity index (χ2v) is 7.26. The van der Waals surface area contributed by atoms with E-state index in [0.717, 1.165) is 29.7 Å². The van der Waals surface area contributed by atoms with Gasteiger partial charge in [0, 0.05) is 11.1 Å². The summed E-state index contributed by atoms with van der Waals surface area (Å²) in [5, 5.41) is 13.1. The van der Waals surface area contributed by atoms with E-state index >= 15 is 0 Å². The number of anilines is 1. The van der Waals surface area contributed by atoms with Gasteiger partial charge < -0.3 is 10.1 Å². The van der Waals surface area contributed by atoms with Crippen LogP contribution in [0.15, 0.2) is 23.4 Å². The number of ether oxygens (including phenoxy) is 1. The molecule has 0 radical (unpaired) electrons. The summed E-state index contributed by atoms with van der Waals surface area (Å²) in [5.41, 5.74) is 1.91. The molecule has 0 aliphatic heterocycles. The van der Waals surface area contributed by atoms with Crippen LogP contribution < -0.4 is 5.32 Å². The molecule has 0 unspecified atom stereocenters. The summed E-state index contributed by atoms with van der Waals surface area (Å²) in [4.78, 5) is 29.4. The molecule has 2 aromatic rings. The molecule has 1 amide bonds. The normalized spacial score (nSPS) is 12.3. The molecule has 2 heterocycles. The van der Waals surface area contributed by atoms with Crippen LogP contribution in [0.3, 0.4) is 0 Å². The second-order valence-electron chi connectivity index (χ2n) is 5.36. The van der Waals surface area contributed by atoms with Crippen molar-refractivity contribution in [1.82, 2.24) is 4.98 Å². The van der Waals surface area contributed by atoms with Gasteiger partial charge in [0.25, 0.3) is 5.91 Å². The van der Waals surface area contributed by atoms with Gasteiger partial charge in [0.1, 0.15) is 16.1 Å². The van der Waals surface area contributed by atoms with Gasteiger partial charge in [-0.25, -0.2) is 9.78 Å². The highest BCUT2D eigenvalue weighted by molar-refractivity contribution is 7.98. The Morgan fingerprint density at radius 1 is 1.48 bits per heavy atom. The summed E-state index contributed by atoms with van der Waals surface area (Å²) in [6.07, 6.45) is 6.26. The van der Waals surface area contributed by atoms with Crippen molar-refractivity contribution in [2.45, 2.75) is 24.3 Å². The Hall–Kier alpha value is -2.37. The molecule has 6 nitrogen and oxygen atoms in total. The molecule has 0 fully saturated rings. The molecule has 0 saturated carbocycles. The van der Waals surface area contributed by atoms with Crippen molar-refractivity contribution in [2.75, 3.05) is 18.2 Å². The Balaban J connectivity index is 1.62. The number of carbonyl (C=O) groups excluding carboxylic acids is 2. The first-order valence-electron chi connectivity index (χ1n) is 7.64. The number of pyridine rings is 1. The van der Waals surface area contributed by atoms with E-state index in [4.69, 9.17) is 4.74 Å². The van der Waals surface area contributed by atoms with E-state index < -0.39 is 18.5 Å². The number of hydrogen-bond acceptors (Lipinski definition) is 7. The lowest BCUT2D eigenvalue weighted by atomic mass is 10.1. The SMILES string of the molecule is CSc1ncccc1C(=O)OCC(=O)Nc1sc2c(c1C#N)CCC2. The number of nitrogens with one attached hydrogen (secondary N) is 1. The zero-order valence-corrected chi connectivity index (χ0v) is 15.1. The van der Waals surface area contributed by atoms with Gasteiger partial charge in [-0.15, -0.1) is 23.1 Å². The first kappa shape index (κ1) is 17.5. The number of esters is 1. The van der Waals surface area contributed by atoms with E-state index in [1.807, 2.05) is 6.26 Å². The smallest absolute Gasteiger partial charge is 0.341 e. The van der Waals surface area contributed by atoms with Crippen LogP contribution in [0, 0.1) is 11.3 Å². The quantitative estimate of drug-likeness (QED) is 0.640. The molecule has 0 saturated heterocycles. The van der Waals surface area contributed by atoms with Crippen molar-refractivity contribution in [3.05, 3.63) is 39.9 Å². The topological polar surface area (TPSA) is 92.1 Å². The molecule has 3 rings (SSSR count). The van der Waals surface area contributed by atoms with Gasteiger partial charge in [0.05, 0.1) is 11.1 Å². The number of fused-ring (bicyclic) bond motifs is 1. The van der Waals surface area contributed by atoms with Crippen LogP contribution in [0.2, 0.25) is 0 Å². The van der Waals surface area contributed by atoms with Gasteiger partial charge in [-0.1, -0.05) is 0 Å². The Labute approximate surface area is 153 Å². The van der Waals surface area contributed by atoms with Crippen LogP contribution in [0.1, 0.15) is 32.8 Å². The summed E-state index contributed by atoms with van der Waals surface area (Å²) in [7, 11) is 0. The van der Waals surface area contributed by atoms with Gasteiger partial charge >= 0.3 is 5.97 Å². The van der Waals surface area contributed by atoms with E-state index in [2.05, 4.69) is 16.4 Å². The fourth-order valence-electron chi connectivity index (χ4n) is 2.69. The number of aryl methyl sites for hydroxylation is 1. The first-order valence-corrected chi connectivity index (χ1v) is 9.68. The van der Waals surface area contributed by atoms with Crippen molar-refractivity contribution in [3.8, 4) is 6.07 Å². The molecule has 1 aliphatic rings. The molecule has 8 heteroatoms.